The molecule has 8 heteroatoms. The van der Waals surface area contributed by atoms with Crippen LogP contribution in [-0.4, -0.2) is 45.3 Å². The Hall–Kier alpha value is -1.80. The van der Waals surface area contributed by atoms with Crippen molar-refractivity contribution in [2.45, 2.75) is 24.8 Å². The molecule has 1 atom stereocenters. The molecule has 0 bridgehead atoms. The van der Waals surface area contributed by atoms with Crippen LogP contribution in [-0.2, 0) is 14.8 Å². The number of rotatable bonds is 6. The normalized spacial score (nSPS) is 13.0. The van der Waals surface area contributed by atoms with Crippen LogP contribution < -0.4 is 16.4 Å². The minimum atomic E-state index is -3.52. The number of hydrogen-bond acceptors (Lipinski definition) is 5. The third kappa shape index (κ3) is 4.08. The molecule has 0 aromatic heterocycles. The highest BCUT2D eigenvalue weighted by molar-refractivity contribution is 7.89. The lowest BCUT2D eigenvalue weighted by Crippen LogP contribution is -2.37. The summed E-state index contributed by atoms with van der Waals surface area (Å²) in [6.45, 7) is 4.08. The lowest BCUT2D eigenvalue weighted by molar-refractivity contribution is -0.121. The van der Waals surface area contributed by atoms with Crippen molar-refractivity contribution in [3.05, 3.63) is 18.2 Å². The second-order valence-corrected chi connectivity index (χ2v) is 6.95. The van der Waals surface area contributed by atoms with Gasteiger partial charge in [-0.25, -0.2) is 12.7 Å². The molecule has 1 aromatic rings. The van der Waals surface area contributed by atoms with Crippen LogP contribution in [0.2, 0.25) is 0 Å². The number of benzene rings is 1. The van der Waals surface area contributed by atoms with E-state index in [1.54, 1.807) is 13.0 Å². The predicted octanol–water partition coefficient (Wildman–Crippen LogP) is 0.456. The van der Waals surface area contributed by atoms with E-state index in [0.29, 0.717) is 12.2 Å². The van der Waals surface area contributed by atoms with Gasteiger partial charge in [0.05, 0.1) is 16.3 Å². The van der Waals surface area contributed by atoms with Gasteiger partial charge in [0.25, 0.3) is 0 Å². The Morgan fingerprint density at radius 2 is 2.00 bits per heavy atom. The Morgan fingerprint density at radius 1 is 1.38 bits per heavy atom. The highest BCUT2D eigenvalue weighted by Crippen LogP contribution is 2.24. The summed E-state index contributed by atoms with van der Waals surface area (Å²) in [5.41, 5.74) is 6.66. The van der Waals surface area contributed by atoms with Crippen molar-refractivity contribution >= 4 is 27.3 Å². The number of nitrogen functional groups attached to an aromatic ring is 1. The maximum atomic E-state index is 12.0. The molecule has 1 unspecified atom stereocenters. The molecule has 1 aromatic carbocycles. The van der Waals surface area contributed by atoms with Gasteiger partial charge in [0.1, 0.15) is 6.04 Å². The van der Waals surface area contributed by atoms with Gasteiger partial charge in [-0.05, 0) is 32.0 Å². The van der Waals surface area contributed by atoms with Crippen LogP contribution in [0.1, 0.15) is 13.8 Å². The number of likely N-dealkylation sites (N-methyl/N-ethyl adjacent to an activating group) is 1. The Balaban J connectivity index is 2.97. The maximum absolute atomic E-state index is 12.0. The summed E-state index contributed by atoms with van der Waals surface area (Å²) in [6.07, 6.45) is 0. The lowest BCUT2D eigenvalue weighted by atomic mass is 10.2. The van der Waals surface area contributed by atoms with Gasteiger partial charge in [-0.15, -0.1) is 0 Å². The molecule has 118 valence electrons. The molecular formula is C13H22N4O3S. The van der Waals surface area contributed by atoms with Crippen molar-refractivity contribution in [3.63, 3.8) is 0 Å². The number of nitrogens with one attached hydrogen (secondary N) is 2. The van der Waals surface area contributed by atoms with E-state index in [4.69, 9.17) is 5.73 Å². The molecule has 21 heavy (non-hydrogen) atoms. The topological polar surface area (TPSA) is 105 Å². The van der Waals surface area contributed by atoms with E-state index < -0.39 is 16.1 Å². The van der Waals surface area contributed by atoms with Gasteiger partial charge in [0.2, 0.25) is 15.9 Å². The van der Waals surface area contributed by atoms with Crippen LogP contribution in [0.3, 0.4) is 0 Å². The average molecular weight is 314 g/mol. The third-order valence-corrected chi connectivity index (χ3v) is 4.73. The summed E-state index contributed by atoms with van der Waals surface area (Å²) in [4.78, 5) is 11.8. The molecule has 0 saturated heterocycles. The van der Waals surface area contributed by atoms with Gasteiger partial charge < -0.3 is 16.4 Å². The lowest BCUT2D eigenvalue weighted by Gasteiger charge is -2.17. The Bertz CT molecular complexity index is 614. The standard InChI is InChI=1S/C13H22N4O3S/c1-5-15-13(18)9(2)16-12-7-6-10(8-11(12)14)21(19,20)17(3)4/h6-9,16H,5,14H2,1-4H3,(H,15,18). The minimum Gasteiger partial charge on any atom is -0.397 e. The van der Waals surface area contributed by atoms with E-state index in [-0.39, 0.29) is 16.5 Å². The molecule has 0 aliphatic heterocycles. The van der Waals surface area contributed by atoms with Gasteiger partial charge >= 0.3 is 0 Å². The van der Waals surface area contributed by atoms with E-state index in [2.05, 4.69) is 10.6 Å². The molecule has 0 radical (unpaired) electrons. The van der Waals surface area contributed by atoms with E-state index >= 15 is 0 Å². The summed E-state index contributed by atoms with van der Waals surface area (Å²) in [5, 5.41) is 5.65. The van der Waals surface area contributed by atoms with Crippen LogP contribution in [0.25, 0.3) is 0 Å². The van der Waals surface area contributed by atoms with Crippen LogP contribution >= 0.6 is 0 Å². The molecule has 0 saturated carbocycles. The SMILES string of the molecule is CCNC(=O)C(C)Nc1ccc(S(=O)(=O)N(C)C)cc1N. The second kappa shape index (κ2) is 6.77. The Morgan fingerprint density at radius 3 is 2.48 bits per heavy atom. The first kappa shape index (κ1) is 17.3. The molecule has 0 heterocycles. The van der Waals surface area contributed by atoms with E-state index in [1.165, 1.54) is 26.2 Å². The second-order valence-electron chi connectivity index (χ2n) is 4.80. The molecule has 1 rings (SSSR count). The zero-order valence-electron chi connectivity index (χ0n) is 12.7. The number of nitrogens with zero attached hydrogens (tertiary/aromatic N) is 1. The molecule has 1 amide bonds. The van der Waals surface area contributed by atoms with Crippen LogP contribution in [0, 0.1) is 0 Å². The molecule has 4 N–H and O–H groups in total. The predicted molar refractivity (Wildman–Crippen MR) is 83.5 cm³/mol. The number of sulfonamides is 1. The minimum absolute atomic E-state index is 0.112. The van der Waals surface area contributed by atoms with Crippen LogP contribution in [0.4, 0.5) is 11.4 Å². The van der Waals surface area contributed by atoms with E-state index in [9.17, 15) is 13.2 Å². The summed E-state index contributed by atoms with van der Waals surface area (Å²) in [7, 11) is -0.617. The van der Waals surface area contributed by atoms with Gasteiger partial charge in [0, 0.05) is 20.6 Å². The van der Waals surface area contributed by atoms with Crippen molar-refractivity contribution < 1.29 is 13.2 Å². The first-order valence-corrected chi connectivity index (χ1v) is 8.00. The summed E-state index contributed by atoms with van der Waals surface area (Å²) in [6, 6.07) is 3.92. The molecule has 0 fully saturated rings. The molecule has 7 nitrogen and oxygen atoms in total. The van der Waals surface area contributed by atoms with E-state index in [0.717, 1.165) is 4.31 Å². The first-order valence-electron chi connectivity index (χ1n) is 6.56. The summed E-state index contributed by atoms with van der Waals surface area (Å²) in [5.74, 6) is -0.151. The number of hydrogen-bond donors (Lipinski definition) is 3. The third-order valence-electron chi connectivity index (χ3n) is 2.92. The zero-order chi connectivity index (χ0) is 16.2. The molecule has 0 spiro atoms. The largest absolute Gasteiger partial charge is 0.397 e. The van der Waals surface area contributed by atoms with Gasteiger partial charge in [0.15, 0.2) is 0 Å². The van der Waals surface area contributed by atoms with Gasteiger partial charge in [-0.3, -0.25) is 4.79 Å². The van der Waals surface area contributed by atoms with Crippen molar-refractivity contribution in [1.82, 2.24) is 9.62 Å². The smallest absolute Gasteiger partial charge is 0.242 e. The Labute approximate surface area is 125 Å². The highest BCUT2D eigenvalue weighted by atomic mass is 32.2. The number of amides is 1. The maximum Gasteiger partial charge on any atom is 0.242 e. The summed E-state index contributed by atoms with van der Waals surface area (Å²) < 4.78 is 25.1. The zero-order valence-corrected chi connectivity index (χ0v) is 13.5. The molecule has 0 aliphatic carbocycles. The van der Waals surface area contributed by atoms with Crippen molar-refractivity contribution in [1.29, 1.82) is 0 Å². The Kier molecular flexibility index (Phi) is 5.56. The fourth-order valence-electron chi connectivity index (χ4n) is 1.67. The average Bonchev–Trinajstić information content (AvgIpc) is 2.40. The fraction of sp³-hybridized carbons (Fsp3) is 0.462. The molecular weight excluding hydrogens is 292 g/mol. The van der Waals surface area contributed by atoms with Crippen LogP contribution in [0.15, 0.2) is 23.1 Å². The summed E-state index contributed by atoms with van der Waals surface area (Å²) >= 11 is 0. The van der Waals surface area contributed by atoms with Crippen LogP contribution in [0.5, 0.6) is 0 Å². The number of carbonyl (C=O) groups excluding carboxylic acids is 1. The van der Waals surface area contributed by atoms with Gasteiger partial charge in [-0.1, -0.05) is 0 Å². The van der Waals surface area contributed by atoms with Crippen molar-refractivity contribution in [3.8, 4) is 0 Å². The van der Waals surface area contributed by atoms with Gasteiger partial charge in [-0.2, -0.15) is 0 Å². The molecule has 0 aliphatic rings. The monoisotopic (exact) mass is 314 g/mol. The number of nitrogens with two attached hydrogens (primary N) is 1. The van der Waals surface area contributed by atoms with E-state index in [1.807, 2.05) is 6.92 Å². The number of carbonyl (C=O) groups is 1. The fourth-order valence-corrected chi connectivity index (χ4v) is 2.61. The van der Waals surface area contributed by atoms with Crippen molar-refractivity contribution in [2.24, 2.45) is 0 Å². The quantitative estimate of drug-likeness (QED) is 0.662. The first-order chi connectivity index (χ1) is 9.70. The van der Waals surface area contributed by atoms with Crippen molar-refractivity contribution in [2.75, 3.05) is 31.7 Å². The highest BCUT2D eigenvalue weighted by Gasteiger charge is 2.19. The number of anilines is 2.